The average Bonchev–Trinajstić information content (AvgIpc) is 3.13. The normalized spacial score (nSPS) is 15.3. The van der Waals surface area contributed by atoms with Crippen LogP contribution in [0.4, 0.5) is 0 Å². The SMILES string of the molecule is CC.CC.CC.CC.CC(C)/C=C\C=C/C(C)C.CC(C)/C=c1/cccc/c1=C/C(C)C.CC1=C(COC=O)C(C(C)C)c2ccccc2C1C(C)C. The molecule has 2 atom stereocenters. The summed E-state index contributed by atoms with van der Waals surface area (Å²) in [5.41, 5.74) is 5.51. The number of ether oxygens (including phenoxy) is 1. The molecule has 0 aromatic heterocycles. The fourth-order valence-electron chi connectivity index (χ4n) is 6.00. The molecule has 0 N–H and O–H groups in total. The smallest absolute Gasteiger partial charge is 0.293 e. The molecule has 0 spiro atoms. The maximum absolute atomic E-state index is 10.6. The van der Waals surface area contributed by atoms with Gasteiger partial charge in [-0.15, -0.1) is 0 Å². The Morgan fingerprint density at radius 1 is 0.528 bits per heavy atom. The van der Waals surface area contributed by atoms with Crippen molar-refractivity contribution in [2.45, 2.75) is 157 Å². The van der Waals surface area contributed by atoms with Crippen LogP contribution in [0, 0.1) is 35.5 Å². The van der Waals surface area contributed by atoms with E-state index in [-0.39, 0.29) is 0 Å². The predicted molar refractivity (Wildman–Crippen MR) is 244 cm³/mol. The van der Waals surface area contributed by atoms with Gasteiger partial charge in [0.25, 0.3) is 6.47 Å². The first-order valence-electron chi connectivity index (χ1n) is 21.2. The molecular formula is C51H88O2. The Balaban J connectivity index is -0.000000327. The zero-order valence-corrected chi connectivity index (χ0v) is 38.8. The summed E-state index contributed by atoms with van der Waals surface area (Å²) in [6.45, 7) is 45.8. The van der Waals surface area contributed by atoms with Crippen LogP contribution in [-0.4, -0.2) is 13.1 Å². The summed E-state index contributed by atoms with van der Waals surface area (Å²) in [4.78, 5) is 10.6. The molecule has 0 fully saturated rings. The van der Waals surface area contributed by atoms with Crippen molar-refractivity contribution in [2.24, 2.45) is 35.5 Å². The molecule has 53 heavy (non-hydrogen) atoms. The van der Waals surface area contributed by atoms with Crippen LogP contribution in [0.25, 0.3) is 12.2 Å². The van der Waals surface area contributed by atoms with Crippen molar-refractivity contribution in [3.05, 3.63) is 106 Å². The first-order chi connectivity index (χ1) is 25.2. The Morgan fingerprint density at radius 2 is 0.868 bits per heavy atom. The number of carbonyl (C=O) groups excluding carboxylic acids is 1. The van der Waals surface area contributed by atoms with Gasteiger partial charge in [-0.3, -0.25) is 4.79 Å². The molecule has 304 valence electrons. The molecule has 0 heterocycles. The molecule has 0 aliphatic heterocycles. The third kappa shape index (κ3) is 24.7. The fourth-order valence-corrected chi connectivity index (χ4v) is 6.00. The monoisotopic (exact) mass is 733 g/mol. The maximum Gasteiger partial charge on any atom is 0.293 e. The summed E-state index contributed by atoms with van der Waals surface area (Å²) in [5, 5.41) is 2.72. The van der Waals surface area contributed by atoms with Gasteiger partial charge >= 0.3 is 0 Å². The minimum absolute atomic E-state index is 0.344. The molecule has 1 aliphatic carbocycles. The largest absolute Gasteiger partial charge is 0.463 e. The molecule has 2 heteroatoms. The van der Waals surface area contributed by atoms with E-state index in [9.17, 15) is 4.79 Å². The van der Waals surface area contributed by atoms with Crippen molar-refractivity contribution in [2.75, 3.05) is 6.61 Å². The molecular weight excluding hydrogens is 645 g/mol. The van der Waals surface area contributed by atoms with Gasteiger partial charge in [0.05, 0.1) is 0 Å². The molecule has 0 amide bonds. The van der Waals surface area contributed by atoms with E-state index >= 15 is 0 Å². The second-order valence-electron chi connectivity index (χ2n) is 14.4. The van der Waals surface area contributed by atoms with Gasteiger partial charge in [-0.05, 0) is 69.6 Å². The summed E-state index contributed by atoms with van der Waals surface area (Å²) in [6.07, 6.45) is 13.2. The van der Waals surface area contributed by atoms with Crippen LogP contribution in [-0.2, 0) is 9.53 Å². The lowest BCUT2D eigenvalue weighted by atomic mass is 9.66. The van der Waals surface area contributed by atoms with Crippen LogP contribution in [0.3, 0.4) is 0 Å². The highest BCUT2D eigenvalue weighted by atomic mass is 16.5. The van der Waals surface area contributed by atoms with E-state index in [1.807, 2.05) is 55.4 Å². The van der Waals surface area contributed by atoms with E-state index in [2.05, 4.69) is 175 Å². The molecule has 0 saturated heterocycles. The number of carbonyl (C=O) groups is 1. The summed E-state index contributed by atoms with van der Waals surface area (Å²) >= 11 is 0. The number of hydrogen-bond donors (Lipinski definition) is 0. The topological polar surface area (TPSA) is 26.3 Å². The molecule has 2 aromatic carbocycles. The second-order valence-corrected chi connectivity index (χ2v) is 14.4. The van der Waals surface area contributed by atoms with Gasteiger partial charge in [-0.25, -0.2) is 0 Å². The van der Waals surface area contributed by atoms with E-state index in [0.717, 1.165) is 0 Å². The van der Waals surface area contributed by atoms with Crippen molar-refractivity contribution in [3.63, 3.8) is 0 Å². The zero-order valence-electron chi connectivity index (χ0n) is 38.8. The Morgan fingerprint density at radius 3 is 1.17 bits per heavy atom. The van der Waals surface area contributed by atoms with Gasteiger partial charge in [-0.2, -0.15) is 0 Å². The Bertz CT molecular complexity index is 1290. The number of rotatable bonds is 10. The minimum Gasteiger partial charge on any atom is -0.463 e. The lowest BCUT2D eigenvalue weighted by molar-refractivity contribution is -0.127. The highest BCUT2D eigenvalue weighted by Crippen LogP contribution is 2.48. The summed E-state index contributed by atoms with van der Waals surface area (Å²) in [5.74, 6) is 4.32. The van der Waals surface area contributed by atoms with Gasteiger partial charge in [0, 0.05) is 11.8 Å². The van der Waals surface area contributed by atoms with Crippen molar-refractivity contribution < 1.29 is 9.53 Å². The first-order valence-corrected chi connectivity index (χ1v) is 21.2. The highest BCUT2D eigenvalue weighted by Gasteiger charge is 2.35. The molecule has 0 saturated carbocycles. The molecule has 0 radical (unpaired) electrons. The standard InChI is InChI=1S/C19H26O2.C14H20.C10H18.4C2H6/c1-12(2)18-14(5)17(10-21-11-20)19(13(3)4)16-9-7-6-8-15(16)18;1-11(2)9-13-7-5-6-8-14(13)10-12(3)4;1-9(2)7-5-6-8-10(3)4;4*1-2/h6-9,11-13,18-19H,10H2,1-5H3;5-12H,1-4H3;5-10H,1-4H3;4*1-2H3/b;13-9-,14-10-;7-5-,8-6-;;;;. The van der Waals surface area contributed by atoms with E-state index in [1.54, 1.807) is 0 Å². The van der Waals surface area contributed by atoms with Gasteiger partial charge in [0.15, 0.2) is 0 Å². The van der Waals surface area contributed by atoms with Crippen LogP contribution < -0.4 is 10.4 Å². The van der Waals surface area contributed by atoms with Crippen LogP contribution in [0.2, 0.25) is 0 Å². The Kier molecular flexibility index (Phi) is 38.3. The lowest BCUT2D eigenvalue weighted by Crippen LogP contribution is -2.26. The van der Waals surface area contributed by atoms with Crippen LogP contribution in [0.15, 0.2) is 84.0 Å². The number of allylic oxidation sites excluding steroid dienone is 5. The molecule has 2 unspecified atom stereocenters. The molecule has 2 nitrogen and oxygen atoms in total. The number of hydrogen-bond acceptors (Lipinski definition) is 2. The van der Waals surface area contributed by atoms with Crippen LogP contribution >= 0.6 is 0 Å². The second kappa shape index (κ2) is 35.9. The summed E-state index contributed by atoms with van der Waals surface area (Å²) < 4.78 is 5.13. The quantitative estimate of drug-likeness (QED) is 0.138. The van der Waals surface area contributed by atoms with Crippen LogP contribution in [0.5, 0.6) is 0 Å². The maximum atomic E-state index is 10.6. The zero-order chi connectivity index (χ0) is 42.1. The fraction of sp³-hybridized carbons (Fsp3) is 0.588. The van der Waals surface area contributed by atoms with Gasteiger partial charge in [0.2, 0.25) is 0 Å². The van der Waals surface area contributed by atoms with E-state index in [4.69, 9.17) is 4.74 Å². The third-order valence-electron chi connectivity index (χ3n) is 7.78. The molecule has 2 aromatic rings. The van der Waals surface area contributed by atoms with Crippen LogP contribution in [0.1, 0.15) is 168 Å². The third-order valence-corrected chi connectivity index (χ3v) is 7.78. The first kappa shape index (κ1) is 56.6. The van der Waals surface area contributed by atoms with Crippen molar-refractivity contribution in [1.29, 1.82) is 0 Å². The van der Waals surface area contributed by atoms with Gasteiger partial charge in [-0.1, -0.05) is 229 Å². The van der Waals surface area contributed by atoms with Crippen molar-refractivity contribution in [3.8, 4) is 0 Å². The number of benzene rings is 2. The Hall–Kier alpha value is -3.13. The van der Waals surface area contributed by atoms with E-state index in [0.29, 0.717) is 60.4 Å². The predicted octanol–water partition coefficient (Wildman–Crippen LogP) is 14.7. The van der Waals surface area contributed by atoms with E-state index < -0.39 is 0 Å². The molecule has 0 bridgehead atoms. The van der Waals surface area contributed by atoms with E-state index in [1.165, 1.54) is 32.7 Å². The Labute approximate surface area is 332 Å². The summed E-state index contributed by atoms with van der Waals surface area (Å²) in [6, 6.07) is 17.3. The number of fused-ring (bicyclic) bond motifs is 1. The highest BCUT2D eigenvalue weighted by molar-refractivity contribution is 5.50. The minimum atomic E-state index is 0.344. The van der Waals surface area contributed by atoms with Crippen molar-refractivity contribution in [1.82, 2.24) is 0 Å². The van der Waals surface area contributed by atoms with Gasteiger partial charge < -0.3 is 4.74 Å². The van der Waals surface area contributed by atoms with Crippen molar-refractivity contribution >= 4 is 18.6 Å². The molecule has 3 rings (SSSR count). The summed E-state index contributed by atoms with van der Waals surface area (Å²) in [7, 11) is 0. The average molecular weight is 733 g/mol. The lowest BCUT2D eigenvalue weighted by Gasteiger charge is -2.38. The van der Waals surface area contributed by atoms with Gasteiger partial charge in [0.1, 0.15) is 6.61 Å². The molecule has 1 aliphatic rings.